The molecule has 0 atom stereocenters. The molecule has 0 heterocycles. The molecular weight excluding hydrogens is 288 g/mol. The van der Waals surface area contributed by atoms with Crippen molar-refractivity contribution in [2.45, 2.75) is 13.8 Å². The number of benzene rings is 1. The molecule has 7 nitrogen and oxygen atoms in total. The number of ketones is 1. The van der Waals surface area contributed by atoms with Crippen LogP contribution in [-0.2, 0) is 9.63 Å². The highest BCUT2D eigenvalue weighted by atomic mass is 16.7. The summed E-state index contributed by atoms with van der Waals surface area (Å²) in [7, 11) is 0. The van der Waals surface area contributed by atoms with Crippen molar-refractivity contribution in [3.05, 3.63) is 63.2 Å². The van der Waals surface area contributed by atoms with Crippen LogP contribution in [0.3, 0.4) is 0 Å². The molecule has 1 aliphatic carbocycles. The largest absolute Gasteiger partial charge is 0.365 e. The van der Waals surface area contributed by atoms with E-state index in [1.54, 1.807) is 13.8 Å². The molecule has 22 heavy (non-hydrogen) atoms. The Kier molecular flexibility index (Phi) is 4.26. The Hall–Kier alpha value is -3.09. The predicted molar refractivity (Wildman–Crippen MR) is 78.5 cm³/mol. The number of oxime groups is 1. The molecule has 0 N–H and O–H groups in total. The van der Waals surface area contributed by atoms with Crippen molar-refractivity contribution in [3.63, 3.8) is 0 Å². The van der Waals surface area contributed by atoms with Crippen molar-refractivity contribution in [2.24, 2.45) is 5.16 Å². The Morgan fingerprint density at radius 3 is 2.36 bits per heavy atom. The van der Waals surface area contributed by atoms with E-state index in [0.717, 1.165) is 0 Å². The van der Waals surface area contributed by atoms with Gasteiger partial charge in [0.05, 0.1) is 10.5 Å². The Balaban J connectivity index is 2.12. The van der Waals surface area contributed by atoms with Crippen LogP contribution < -0.4 is 0 Å². The van der Waals surface area contributed by atoms with Gasteiger partial charge in [-0.15, -0.1) is 0 Å². The maximum absolute atomic E-state index is 11.8. The Morgan fingerprint density at radius 1 is 1.14 bits per heavy atom. The van der Waals surface area contributed by atoms with E-state index in [0.29, 0.717) is 16.9 Å². The first kappa shape index (κ1) is 15.3. The first-order chi connectivity index (χ1) is 10.4. The van der Waals surface area contributed by atoms with Gasteiger partial charge in [0, 0.05) is 12.1 Å². The molecule has 2 rings (SSSR count). The average Bonchev–Trinajstić information content (AvgIpc) is 2.49. The second kappa shape index (κ2) is 6.13. The minimum absolute atomic E-state index is 0.113. The molecule has 112 valence electrons. The van der Waals surface area contributed by atoms with Crippen molar-refractivity contribution in [2.75, 3.05) is 0 Å². The van der Waals surface area contributed by atoms with Crippen LogP contribution in [-0.4, -0.2) is 22.4 Å². The number of non-ortho nitro benzene ring substituents is 1. The van der Waals surface area contributed by atoms with Crippen LogP contribution >= 0.6 is 0 Å². The third kappa shape index (κ3) is 3.32. The van der Waals surface area contributed by atoms with Gasteiger partial charge in [-0.25, -0.2) is 4.79 Å². The molecule has 0 saturated heterocycles. The summed E-state index contributed by atoms with van der Waals surface area (Å²) in [6, 6.07) is 4.99. The minimum atomic E-state index is -0.738. The van der Waals surface area contributed by atoms with E-state index in [9.17, 15) is 19.7 Å². The van der Waals surface area contributed by atoms with Crippen molar-refractivity contribution in [3.8, 4) is 0 Å². The molecular formula is C15H12N2O5. The Bertz CT molecular complexity index is 742. The van der Waals surface area contributed by atoms with E-state index in [4.69, 9.17) is 4.84 Å². The smallest absolute Gasteiger partial charge is 0.312 e. The normalized spacial score (nSPS) is 16.1. The van der Waals surface area contributed by atoms with Gasteiger partial charge in [0.25, 0.3) is 5.69 Å². The number of carbonyl (C=O) groups is 2. The summed E-state index contributed by atoms with van der Waals surface area (Å²) in [5.41, 5.74) is 1.49. The lowest BCUT2D eigenvalue weighted by atomic mass is 9.99. The van der Waals surface area contributed by atoms with E-state index in [1.807, 2.05) is 0 Å². The maximum atomic E-state index is 11.8. The van der Waals surface area contributed by atoms with Gasteiger partial charge < -0.3 is 4.84 Å². The summed E-state index contributed by atoms with van der Waals surface area (Å²) in [5.74, 6) is -0.851. The van der Waals surface area contributed by atoms with Crippen LogP contribution in [0.1, 0.15) is 24.2 Å². The molecule has 0 aromatic heterocycles. The first-order valence-electron chi connectivity index (χ1n) is 6.33. The van der Waals surface area contributed by atoms with Gasteiger partial charge in [-0.1, -0.05) is 5.16 Å². The number of hydrogen-bond acceptors (Lipinski definition) is 6. The molecule has 7 heteroatoms. The second-order valence-electron chi connectivity index (χ2n) is 4.68. The van der Waals surface area contributed by atoms with E-state index in [2.05, 4.69) is 5.16 Å². The summed E-state index contributed by atoms with van der Waals surface area (Å²) in [4.78, 5) is 38.0. The van der Waals surface area contributed by atoms with Crippen molar-refractivity contribution >= 4 is 23.2 Å². The highest BCUT2D eigenvalue weighted by molar-refractivity contribution is 6.21. The van der Waals surface area contributed by atoms with E-state index < -0.39 is 10.9 Å². The zero-order valence-corrected chi connectivity index (χ0v) is 11.9. The lowest BCUT2D eigenvalue weighted by molar-refractivity contribution is -0.384. The molecule has 0 amide bonds. The molecule has 1 aliphatic rings. The van der Waals surface area contributed by atoms with E-state index in [-0.39, 0.29) is 17.0 Å². The van der Waals surface area contributed by atoms with Gasteiger partial charge in [0.1, 0.15) is 5.71 Å². The number of hydrogen-bond donors (Lipinski definition) is 0. The number of carbonyl (C=O) groups excluding carboxylic acids is 2. The number of nitro benzene ring substituents is 1. The zero-order chi connectivity index (χ0) is 16.3. The summed E-state index contributed by atoms with van der Waals surface area (Å²) < 4.78 is 0. The van der Waals surface area contributed by atoms with Crippen LogP contribution in [0, 0.1) is 10.1 Å². The van der Waals surface area contributed by atoms with Crippen LogP contribution in [0.25, 0.3) is 0 Å². The molecule has 0 radical (unpaired) electrons. The van der Waals surface area contributed by atoms with Crippen LogP contribution in [0.4, 0.5) is 5.69 Å². The fourth-order valence-electron chi connectivity index (χ4n) is 1.74. The monoisotopic (exact) mass is 300 g/mol. The SMILES string of the molecule is CC1=CC(=NOC(=O)c2ccc([N+](=O)[O-])cc2)C(C)=CC1=O. The van der Waals surface area contributed by atoms with Gasteiger partial charge >= 0.3 is 5.97 Å². The fraction of sp³-hybridized carbons (Fsp3) is 0.133. The number of rotatable bonds is 3. The maximum Gasteiger partial charge on any atom is 0.365 e. The van der Waals surface area contributed by atoms with Gasteiger partial charge in [-0.2, -0.15) is 0 Å². The molecule has 1 aromatic rings. The Labute approximate surface area is 125 Å². The minimum Gasteiger partial charge on any atom is -0.312 e. The van der Waals surface area contributed by atoms with Crippen LogP contribution in [0.5, 0.6) is 0 Å². The van der Waals surface area contributed by atoms with Crippen molar-refractivity contribution in [1.29, 1.82) is 0 Å². The Morgan fingerprint density at radius 2 is 1.77 bits per heavy atom. The highest BCUT2D eigenvalue weighted by Gasteiger charge is 2.15. The highest BCUT2D eigenvalue weighted by Crippen LogP contribution is 2.15. The van der Waals surface area contributed by atoms with Crippen molar-refractivity contribution in [1.82, 2.24) is 0 Å². The predicted octanol–water partition coefficient (Wildman–Crippen LogP) is 2.58. The topological polar surface area (TPSA) is 98.9 Å². The second-order valence-corrected chi connectivity index (χ2v) is 4.68. The average molecular weight is 300 g/mol. The van der Waals surface area contributed by atoms with E-state index in [1.165, 1.54) is 36.4 Å². The number of nitrogens with zero attached hydrogens (tertiary/aromatic N) is 2. The molecule has 0 spiro atoms. The molecule has 1 aromatic carbocycles. The third-order valence-corrected chi connectivity index (χ3v) is 3.03. The van der Waals surface area contributed by atoms with Gasteiger partial charge in [0.15, 0.2) is 5.78 Å². The summed E-state index contributed by atoms with van der Waals surface area (Å²) in [5, 5.41) is 14.3. The van der Waals surface area contributed by atoms with Gasteiger partial charge in [-0.3, -0.25) is 14.9 Å². The van der Waals surface area contributed by atoms with Crippen molar-refractivity contribution < 1.29 is 19.3 Å². The third-order valence-electron chi connectivity index (χ3n) is 3.03. The van der Waals surface area contributed by atoms with Crippen LogP contribution in [0.15, 0.2) is 52.7 Å². The molecule has 0 unspecified atom stereocenters. The quantitative estimate of drug-likeness (QED) is 0.370. The fourth-order valence-corrected chi connectivity index (χ4v) is 1.74. The summed E-state index contributed by atoms with van der Waals surface area (Å²) in [6.07, 6.45) is 2.94. The molecule has 0 saturated carbocycles. The van der Waals surface area contributed by atoms with Gasteiger partial charge in [0.2, 0.25) is 0 Å². The molecule has 0 aliphatic heterocycles. The number of nitro groups is 1. The molecule has 0 fully saturated rings. The lowest BCUT2D eigenvalue weighted by Gasteiger charge is -2.08. The van der Waals surface area contributed by atoms with Crippen LogP contribution in [0.2, 0.25) is 0 Å². The molecule has 0 bridgehead atoms. The van der Waals surface area contributed by atoms with E-state index >= 15 is 0 Å². The number of allylic oxidation sites excluding steroid dienone is 4. The first-order valence-corrected chi connectivity index (χ1v) is 6.33. The summed E-state index contributed by atoms with van der Waals surface area (Å²) in [6.45, 7) is 3.32. The van der Waals surface area contributed by atoms with Gasteiger partial charge in [-0.05, 0) is 49.3 Å². The zero-order valence-electron chi connectivity index (χ0n) is 11.9. The lowest BCUT2D eigenvalue weighted by Crippen LogP contribution is -2.11. The standard InChI is InChI=1S/C15H12N2O5/c1-9-8-14(18)10(2)7-13(9)16-22-15(19)11-3-5-12(6-4-11)17(20)21/h3-8H,1-2H3. The summed E-state index contributed by atoms with van der Waals surface area (Å²) >= 11 is 0.